The van der Waals surface area contributed by atoms with Crippen molar-refractivity contribution in [2.75, 3.05) is 18.0 Å². The molecule has 0 heterocycles. The van der Waals surface area contributed by atoms with E-state index >= 15 is 0 Å². The molecule has 1 amide bonds. The Morgan fingerprint density at radius 1 is 1.75 bits per heavy atom. The number of alkyl halides is 1. The molecule has 0 fully saturated rings. The second kappa shape index (κ2) is 7.17. The maximum Gasteiger partial charge on any atom is 0.246 e. The lowest BCUT2D eigenvalue weighted by molar-refractivity contribution is -0.124. The van der Waals surface area contributed by atoms with Crippen molar-refractivity contribution >= 4 is 28.5 Å². The van der Waals surface area contributed by atoms with Gasteiger partial charge in [-0.3, -0.25) is 4.79 Å². The second-order valence-corrected chi connectivity index (χ2v) is 3.15. The molecule has 0 saturated heterocycles. The van der Waals surface area contributed by atoms with Crippen LogP contribution in [0, 0.1) is 12.3 Å². The number of carbonyl (C=O) groups excluding carboxylic acids is 1. The highest BCUT2D eigenvalue weighted by molar-refractivity contribution is 14.1. The monoisotopic (exact) mass is 277 g/mol. The summed E-state index contributed by atoms with van der Waals surface area (Å²) in [5, 5.41) is 0. The lowest BCUT2D eigenvalue weighted by Crippen LogP contribution is -2.25. The lowest BCUT2D eigenvalue weighted by Gasteiger charge is -2.12. The van der Waals surface area contributed by atoms with Crippen molar-refractivity contribution in [3.8, 4) is 12.3 Å². The largest absolute Gasteiger partial charge is 0.341 e. The van der Waals surface area contributed by atoms with E-state index in [2.05, 4.69) is 28.5 Å². The van der Waals surface area contributed by atoms with Crippen LogP contribution in [0.4, 0.5) is 0 Å². The van der Waals surface area contributed by atoms with Gasteiger partial charge in [0.25, 0.3) is 0 Å². The molecule has 3 heteroatoms. The molecule has 0 aromatic rings. The molecule has 0 bridgehead atoms. The number of amides is 1. The van der Waals surface area contributed by atoms with Gasteiger partial charge in [0.05, 0.1) is 0 Å². The third kappa shape index (κ3) is 5.19. The number of nitrogens with zero attached hydrogens (tertiary/aromatic N) is 1. The summed E-state index contributed by atoms with van der Waals surface area (Å²) in [6.45, 7) is 0.626. The molecule has 66 valence electrons. The fourth-order valence-corrected chi connectivity index (χ4v) is 0.869. The van der Waals surface area contributed by atoms with Gasteiger partial charge in [-0.05, 0) is 6.08 Å². The highest BCUT2D eigenvalue weighted by Crippen LogP contribution is 1.91. The van der Waals surface area contributed by atoms with Gasteiger partial charge in [-0.15, -0.1) is 12.3 Å². The third-order valence-electron chi connectivity index (χ3n) is 1.32. The topological polar surface area (TPSA) is 20.3 Å². The number of likely N-dealkylation sites (N-methyl/N-ethyl adjacent to an activating group) is 1. The van der Waals surface area contributed by atoms with E-state index in [1.165, 1.54) is 0 Å². The number of hydrogen-bond donors (Lipinski definition) is 0. The van der Waals surface area contributed by atoms with Crippen molar-refractivity contribution in [1.29, 1.82) is 0 Å². The zero-order chi connectivity index (χ0) is 9.40. The van der Waals surface area contributed by atoms with Gasteiger partial charge in [0.1, 0.15) is 0 Å². The average Bonchev–Trinajstić information content (AvgIpc) is 2.10. The molecule has 0 aliphatic carbocycles. The molecular weight excluding hydrogens is 265 g/mol. The molecule has 0 rings (SSSR count). The molecule has 0 aliphatic heterocycles. The first-order valence-electron chi connectivity index (χ1n) is 3.63. The fraction of sp³-hybridized carbons (Fsp3) is 0.444. The molecular formula is C9H12INO. The van der Waals surface area contributed by atoms with Crippen LogP contribution in [0.25, 0.3) is 0 Å². The molecule has 0 saturated carbocycles. The third-order valence-corrected chi connectivity index (χ3v) is 1.83. The van der Waals surface area contributed by atoms with Crippen molar-refractivity contribution in [2.45, 2.75) is 6.42 Å². The van der Waals surface area contributed by atoms with Gasteiger partial charge in [-0.2, -0.15) is 0 Å². The van der Waals surface area contributed by atoms with E-state index < -0.39 is 0 Å². The van der Waals surface area contributed by atoms with Gasteiger partial charge in [0.15, 0.2) is 0 Å². The summed E-state index contributed by atoms with van der Waals surface area (Å²) < 4.78 is 0.854. The van der Waals surface area contributed by atoms with E-state index in [-0.39, 0.29) is 5.91 Å². The Bertz CT molecular complexity index is 205. The first kappa shape index (κ1) is 11.5. The average molecular weight is 277 g/mol. The van der Waals surface area contributed by atoms with Gasteiger partial charge in [-0.1, -0.05) is 28.7 Å². The van der Waals surface area contributed by atoms with E-state index in [1.54, 1.807) is 18.0 Å². The van der Waals surface area contributed by atoms with Crippen LogP contribution >= 0.6 is 22.6 Å². The Balaban J connectivity index is 3.78. The number of carbonyl (C=O) groups is 1. The molecule has 0 N–H and O–H groups in total. The van der Waals surface area contributed by atoms with Crippen LogP contribution in [0.3, 0.4) is 0 Å². The maximum atomic E-state index is 11.2. The van der Waals surface area contributed by atoms with Crippen molar-refractivity contribution in [3.05, 3.63) is 12.2 Å². The smallest absolute Gasteiger partial charge is 0.246 e. The molecule has 0 unspecified atom stereocenters. The normalized spacial score (nSPS) is 9.75. The summed E-state index contributed by atoms with van der Waals surface area (Å²) >= 11 is 2.18. The van der Waals surface area contributed by atoms with Crippen molar-refractivity contribution < 1.29 is 4.79 Å². The Kier molecular flexibility index (Phi) is 6.87. The minimum atomic E-state index is 0.0157. The van der Waals surface area contributed by atoms with Crippen LogP contribution in [0.15, 0.2) is 12.2 Å². The SMILES string of the molecule is C#CCCN(C)C(=O)/C=C/CI. The zero-order valence-electron chi connectivity index (χ0n) is 7.09. The molecule has 0 spiro atoms. The van der Waals surface area contributed by atoms with Crippen LogP contribution < -0.4 is 0 Å². The number of halogens is 1. The summed E-state index contributed by atoms with van der Waals surface area (Å²) in [6, 6.07) is 0. The van der Waals surface area contributed by atoms with Gasteiger partial charge in [0.2, 0.25) is 5.91 Å². The second-order valence-electron chi connectivity index (χ2n) is 2.27. The van der Waals surface area contributed by atoms with Crippen LogP contribution in [0.5, 0.6) is 0 Å². The molecule has 0 aromatic heterocycles. The number of terminal acetylenes is 1. The van der Waals surface area contributed by atoms with Crippen molar-refractivity contribution in [3.63, 3.8) is 0 Å². The summed E-state index contributed by atoms with van der Waals surface area (Å²) in [6.07, 6.45) is 9.08. The number of hydrogen-bond acceptors (Lipinski definition) is 1. The van der Waals surface area contributed by atoms with Gasteiger partial charge in [-0.25, -0.2) is 0 Å². The Labute approximate surface area is 87.2 Å². The number of rotatable bonds is 4. The highest BCUT2D eigenvalue weighted by Gasteiger charge is 2.01. The van der Waals surface area contributed by atoms with Crippen LogP contribution in [0.1, 0.15) is 6.42 Å². The van der Waals surface area contributed by atoms with Gasteiger partial charge in [0, 0.05) is 24.4 Å². The maximum absolute atomic E-state index is 11.2. The number of allylic oxidation sites excluding steroid dienone is 1. The predicted molar refractivity (Wildman–Crippen MR) is 59.1 cm³/mol. The molecule has 0 atom stereocenters. The van der Waals surface area contributed by atoms with Crippen molar-refractivity contribution in [1.82, 2.24) is 4.90 Å². The zero-order valence-corrected chi connectivity index (χ0v) is 9.24. The van der Waals surface area contributed by atoms with Gasteiger partial charge < -0.3 is 4.90 Å². The van der Waals surface area contributed by atoms with Crippen LogP contribution in [-0.4, -0.2) is 28.8 Å². The van der Waals surface area contributed by atoms with Crippen molar-refractivity contribution in [2.24, 2.45) is 0 Å². The first-order valence-corrected chi connectivity index (χ1v) is 5.16. The van der Waals surface area contributed by atoms with Crippen LogP contribution in [-0.2, 0) is 4.79 Å². The van der Waals surface area contributed by atoms with Crippen LogP contribution in [0.2, 0.25) is 0 Å². The standard InChI is InChI=1S/C9H12INO/c1-3-4-8-11(2)9(12)6-5-7-10/h1,5-6H,4,7-8H2,2H3/b6-5+. The Morgan fingerprint density at radius 2 is 2.42 bits per heavy atom. The highest BCUT2D eigenvalue weighted by atomic mass is 127. The van der Waals surface area contributed by atoms with E-state index in [0.29, 0.717) is 13.0 Å². The quantitative estimate of drug-likeness (QED) is 0.330. The minimum absolute atomic E-state index is 0.0157. The summed E-state index contributed by atoms with van der Waals surface area (Å²) in [7, 11) is 1.75. The van der Waals surface area contributed by atoms with Gasteiger partial charge >= 0.3 is 0 Å². The molecule has 12 heavy (non-hydrogen) atoms. The van der Waals surface area contributed by atoms with E-state index in [9.17, 15) is 4.79 Å². The molecule has 2 nitrogen and oxygen atoms in total. The predicted octanol–water partition coefficient (Wildman–Crippen LogP) is 1.46. The first-order chi connectivity index (χ1) is 5.72. The van der Waals surface area contributed by atoms with E-state index in [0.717, 1.165) is 4.43 Å². The van der Waals surface area contributed by atoms with E-state index in [1.807, 2.05) is 6.08 Å². The summed E-state index contributed by atoms with van der Waals surface area (Å²) in [5.41, 5.74) is 0. The minimum Gasteiger partial charge on any atom is -0.341 e. The summed E-state index contributed by atoms with van der Waals surface area (Å²) in [4.78, 5) is 12.8. The van der Waals surface area contributed by atoms with E-state index in [4.69, 9.17) is 6.42 Å². The Hall–Kier alpha value is -0.500. The fourth-order valence-electron chi connectivity index (χ4n) is 0.615. The lowest BCUT2D eigenvalue weighted by atomic mass is 10.4. The molecule has 0 aliphatic rings. The Morgan fingerprint density at radius 3 is 2.92 bits per heavy atom. The molecule has 0 aromatic carbocycles. The summed E-state index contributed by atoms with van der Waals surface area (Å²) in [5.74, 6) is 2.51. The molecule has 0 radical (unpaired) electrons.